The maximum absolute atomic E-state index is 12.8. The first-order valence-corrected chi connectivity index (χ1v) is 7.78. The van der Waals surface area contributed by atoms with Crippen LogP contribution in [-0.4, -0.2) is 23.4 Å². The maximum Gasteiger partial charge on any atom is 0.232 e. The van der Waals surface area contributed by atoms with E-state index in [1.807, 2.05) is 23.1 Å². The lowest BCUT2D eigenvalue weighted by molar-refractivity contribution is -0.124. The largest absolute Gasteiger partial charge is 0.353 e. The zero-order valence-electron chi connectivity index (χ0n) is 11.9. The van der Waals surface area contributed by atoms with Gasteiger partial charge in [0, 0.05) is 23.7 Å². The number of halogens is 1. The fraction of sp³-hybridized carbons (Fsp3) is 0.500. The molecule has 5 heteroatoms. The number of hydrogen-bond donors (Lipinski definition) is 1. The summed E-state index contributed by atoms with van der Waals surface area (Å²) in [5.41, 5.74) is 2.07. The Morgan fingerprint density at radius 2 is 2.24 bits per heavy atom. The van der Waals surface area contributed by atoms with Crippen molar-refractivity contribution in [2.24, 2.45) is 5.92 Å². The molecule has 3 atom stereocenters. The van der Waals surface area contributed by atoms with Crippen LogP contribution in [0.3, 0.4) is 0 Å². The number of amides is 2. The number of nitrogens with zero attached hydrogens (tertiary/aromatic N) is 1. The smallest absolute Gasteiger partial charge is 0.232 e. The minimum Gasteiger partial charge on any atom is -0.353 e. The highest BCUT2D eigenvalue weighted by atomic mass is 35.5. The molecular weight excluding hydrogens is 288 g/mol. The minimum atomic E-state index is -0.101. The highest BCUT2D eigenvalue weighted by Gasteiger charge is 2.61. The topological polar surface area (TPSA) is 49.4 Å². The molecule has 1 saturated carbocycles. The number of anilines is 1. The lowest BCUT2D eigenvalue weighted by Gasteiger charge is -2.45. The molecule has 4 nitrogen and oxygen atoms in total. The lowest BCUT2D eigenvalue weighted by Crippen LogP contribution is -2.56. The van der Waals surface area contributed by atoms with Gasteiger partial charge in [-0.05, 0) is 49.4 Å². The van der Waals surface area contributed by atoms with Crippen LogP contribution >= 0.6 is 11.6 Å². The predicted octanol–water partition coefficient (Wildman–Crippen LogP) is 2.29. The summed E-state index contributed by atoms with van der Waals surface area (Å²) in [6.07, 6.45) is 3.63. The second kappa shape index (κ2) is 4.23. The summed E-state index contributed by atoms with van der Waals surface area (Å²) >= 11 is 6.06. The van der Waals surface area contributed by atoms with E-state index in [1.165, 1.54) is 6.92 Å². The average molecular weight is 305 g/mol. The molecule has 21 heavy (non-hydrogen) atoms. The van der Waals surface area contributed by atoms with Gasteiger partial charge in [0.05, 0.1) is 11.5 Å². The molecule has 1 N–H and O–H groups in total. The lowest BCUT2D eigenvalue weighted by atomic mass is 9.83. The van der Waals surface area contributed by atoms with Crippen molar-refractivity contribution in [3.63, 3.8) is 0 Å². The Morgan fingerprint density at radius 1 is 1.43 bits per heavy atom. The van der Waals surface area contributed by atoms with E-state index in [0.717, 1.165) is 42.0 Å². The van der Waals surface area contributed by atoms with E-state index in [4.69, 9.17) is 11.6 Å². The Balaban J connectivity index is 1.73. The van der Waals surface area contributed by atoms with Crippen molar-refractivity contribution >= 4 is 29.1 Å². The zero-order chi connectivity index (χ0) is 14.8. The number of benzene rings is 1. The molecule has 3 aliphatic rings. The van der Waals surface area contributed by atoms with Crippen LogP contribution in [0.1, 0.15) is 31.7 Å². The third-order valence-electron chi connectivity index (χ3n) is 5.23. The van der Waals surface area contributed by atoms with E-state index in [2.05, 4.69) is 5.32 Å². The van der Waals surface area contributed by atoms with Gasteiger partial charge in [0.1, 0.15) is 0 Å². The van der Waals surface area contributed by atoms with Gasteiger partial charge in [-0.15, -0.1) is 0 Å². The highest BCUT2D eigenvalue weighted by Crippen LogP contribution is 2.54. The van der Waals surface area contributed by atoms with Crippen LogP contribution in [0, 0.1) is 5.92 Å². The number of aryl methyl sites for hydroxylation is 1. The summed E-state index contributed by atoms with van der Waals surface area (Å²) in [5.74, 6) is 0.0325. The second-order valence-electron chi connectivity index (χ2n) is 6.49. The van der Waals surface area contributed by atoms with Crippen molar-refractivity contribution in [3.8, 4) is 0 Å². The van der Waals surface area contributed by atoms with Crippen LogP contribution in [0.2, 0.25) is 5.02 Å². The number of fused-ring (bicyclic) bond motifs is 3. The first-order valence-electron chi connectivity index (χ1n) is 7.40. The van der Waals surface area contributed by atoms with Gasteiger partial charge in [-0.2, -0.15) is 0 Å². The van der Waals surface area contributed by atoms with Crippen LogP contribution < -0.4 is 10.2 Å². The summed E-state index contributed by atoms with van der Waals surface area (Å²) in [6.45, 7) is 1.52. The molecule has 1 saturated heterocycles. The van der Waals surface area contributed by atoms with Gasteiger partial charge in [-0.25, -0.2) is 0 Å². The van der Waals surface area contributed by atoms with Gasteiger partial charge in [-0.1, -0.05) is 11.6 Å². The fourth-order valence-corrected chi connectivity index (χ4v) is 4.67. The Hall–Kier alpha value is -1.55. The summed E-state index contributed by atoms with van der Waals surface area (Å²) in [4.78, 5) is 26.1. The first-order chi connectivity index (χ1) is 10.00. The van der Waals surface area contributed by atoms with Gasteiger partial charge in [0.15, 0.2) is 0 Å². The maximum atomic E-state index is 12.8. The number of piperidine rings is 1. The summed E-state index contributed by atoms with van der Waals surface area (Å²) in [5, 5.41) is 3.68. The summed E-state index contributed by atoms with van der Waals surface area (Å²) in [6, 6.07) is 5.78. The van der Waals surface area contributed by atoms with Gasteiger partial charge in [0.2, 0.25) is 11.8 Å². The Bertz CT molecular complexity index is 660. The van der Waals surface area contributed by atoms with Crippen LogP contribution in [0.15, 0.2) is 18.2 Å². The Morgan fingerprint density at radius 3 is 3.00 bits per heavy atom. The van der Waals surface area contributed by atoms with Gasteiger partial charge >= 0.3 is 0 Å². The third kappa shape index (κ3) is 1.75. The highest BCUT2D eigenvalue weighted by molar-refractivity contribution is 6.30. The summed E-state index contributed by atoms with van der Waals surface area (Å²) < 4.78 is 0. The zero-order valence-corrected chi connectivity index (χ0v) is 12.6. The van der Waals surface area contributed by atoms with Crippen molar-refractivity contribution in [3.05, 3.63) is 28.8 Å². The molecule has 110 valence electrons. The van der Waals surface area contributed by atoms with Crippen molar-refractivity contribution in [2.45, 2.75) is 44.2 Å². The molecular formula is C16H17ClN2O2. The molecule has 2 amide bonds. The molecule has 1 spiro atoms. The van der Waals surface area contributed by atoms with Gasteiger partial charge in [0.25, 0.3) is 0 Å². The molecule has 4 rings (SSSR count). The number of hydrogen-bond acceptors (Lipinski definition) is 2. The van der Waals surface area contributed by atoms with E-state index in [0.29, 0.717) is 0 Å². The molecule has 1 aliphatic carbocycles. The molecule has 1 aromatic carbocycles. The van der Waals surface area contributed by atoms with Crippen molar-refractivity contribution < 1.29 is 9.59 Å². The molecule has 0 radical (unpaired) electrons. The van der Waals surface area contributed by atoms with Gasteiger partial charge in [-0.3, -0.25) is 9.59 Å². The standard InChI is InChI=1S/C16H17ClN2O2/c1-9(20)18-13-8-16-5-4-10-6-11(17)2-3-14(10)19(16)15(21)12(13)7-16/h2-3,6,12-13H,4-5,7-8H2,1H3,(H,18,20)/t12-,13-,16+/m1/s1. The van der Waals surface area contributed by atoms with Crippen LogP contribution in [0.5, 0.6) is 0 Å². The molecule has 0 unspecified atom stereocenters. The average Bonchev–Trinajstić information content (AvgIpc) is 2.90. The predicted molar refractivity (Wildman–Crippen MR) is 80.3 cm³/mol. The third-order valence-corrected chi connectivity index (χ3v) is 5.46. The molecule has 0 aromatic heterocycles. The van der Waals surface area contributed by atoms with Gasteiger partial charge < -0.3 is 10.2 Å². The van der Waals surface area contributed by atoms with Crippen molar-refractivity contribution in [1.29, 1.82) is 0 Å². The van der Waals surface area contributed by atoms with E-state index >= 15 is 0 Å². The molecule has 2 bridgehead atoms. The number of nitrogens with one attached hydrogen (secondary N) is 1. The van der Waals surface area contributed by atoms with Crippen LogP contribution in [-0.2, 0) is 16.0 Å². The quantitative estimate of drug-likeness (QED) is 0.865. The molecule has 2 fully saturated rings. The van der Waals surface area contributed by atoms with Crippen molar-refractivity contribution in [1.82, 2.24) is 5.32 Å². The molecule has 2 heterocycles. The van der Waals surface area contributed by atoms with E-state index in [1.54, 1.807) is 0 Å². The second-order valence-corrected chi connectivity index (χ2v) is 6.93. The number of rotatable bonds is 1. The normalized spacial score (nSPS) is 32.9. The van der Waals surface area contributed by atoms with Crippen molar-refractivity contribution in [2.75, 3.05) is 4.90 Å². The fourth-order valence-electron chi connectivity index (χ4n) is 4.47. The van der Waals surface area contributed by atoms with E-state index in [-0.39, 0.29) is 29.3 Å². The number of carbonyl (C=O) groups excluding carboxylic acids is 2. The van der Waals surface area contributed by atoms with Crippen LogP contribution in [0.25, 0.3) is 0 Å². The molecule has 1 aromatic rings. The number of carbonyl (C=O) groups is 2. The molecule has 2 aliphatic heterocycles. The first kappa shape index (κ1) is 13.1. The SMILES string of the molecule is CC(=O)N[C@@H]1C[C@@]23CCc4cc(Cl)ccc4N2C(=O)[C@@H]1C3. The Labute approximate surface area is 128 Å². The monoisotopic (exact) mass is 304 g/mol. The minimum absolute atomic E-state index is 0.0000928. The Kier molecular flexibility index (Phi) is 2.65. The van der Waals surface area contributed by atoms with E-state index in [9.17, 15) is 9.59 Å². The van der Waals surface area contributed by atoms with Crippen LogP contribution in [0.4, 0.5) is 5.69 Å². The summed E-state index contributed by atoms with van der Waals surface area (Å²) in [7, 11) is 0. The van der Waals surface area contributed by atoms with E-state index < -0.39 is 0 Å².